The van der Waals surface area contributed by atoms with Gasteiger partial charge in [-0.2, -0.15) is 0 Å². The largest absolute Gasteiger partial charge is 0.412 e. The van der Waals surface area contributed by atoms with Crippen molar-refractivity contribution in [1.82, 2.24) is 9.30 Å². The van der Waals surface area contributed by atoms with E-state index < -0.39 is 0 Å². The van der Waals surface area contributed by atoms with E-state index in [1.54, 1.807) is 0 Å². The lowest BCUT2D eigenvalue weighted by molar-refractivity contribution is 0.165. The van der Waals surface area contributed by atoms with E-state index in [1.165, 1.54) is 17.4 Å². The van der Waals surface area contributed by atoms with Gasteiger partial charge in [0.2, 0.25) is 0 Å². The number of anilines is 1. The standard InChI is InChI=1S/C18H19N3O2/c1-19(14-8-4-3-5-9-14)15-11-13-7-6-10-16-17(13)20(12-15)18(22)21(16)23-2/h3-10,15H,11-12H2,1-2H3/t15-/m1/s1. The van der Waals surface area contributed by atoms with Crippen molar-refractivity contribution in [1.29, 1.82) is 0 Å². The van der Waals surface area contributed by atoms with Crippen molar-refractivity contribution in [3.63, 3.8) is 0 Å². The van der Waals surface area contributed by atoms with Crippen molar-refractivity contribution in [3.05, 3.63) is 64.6 Å². The van der Waals surface area contributed by atoms with E-state index in [0.29, 0.717) is 6.54 Å². The molecule has 5 nitrogen and oxygen atoms in total. The number of nitrogens with zero attached hydrogens (tertiary/aromatic N) is 3. The lowest BCUT2D eigenvalue weighted by Crippen LogP contribution is -2.42. The predicted octanol–water partition coefficient (Wildman–Crippen LogP) is 1.92. The van der Waals surface area contributed by atoms with Crippen LogP contribution in [0.25, 0.3) is 11.0 Å². The predicted molar refractivity (Wildman–Crippen MR) is 91.0 cm³/mol. The summed E-state index contributed by atoms with van der Waals surface area (Å²) in [4.78, 5) is 20.1. The van der Waals surface area contributed by atoms with Crippen molar-refractivity contribution in [2.24, 2.45) is 0 Å². The van der Waals surface area contributed by atoms with Crippen LogP contribution in [0.2, 0.25) is 0 Å². The normalized spacial score (nSPS) is 16.5. The molecule has 5 heteroatoms. The molecule has 2 heterocycles. The van der Waals surface area contributed by atoms with Crippen LogP contribution < -0.4 is 15.4 Å². The first kappa shape index (κ1) is 13.9. The topological polar surface area (TPSA) is 39.4 Å². The third kappa shape index (κ3) is 2.04. The molecule has 1 aliphatic heterocycles. The van der Waals surface area contributed by atoms with Gasteiger partial charge in [0.05, 0.1) is 11.6 Å². The van der Waals surface area contributed by atoms with Crippen LogP contribution in [0.5, 0.6) is 0 Å². The molecule has 0 amide bonds. The summed E-state index contributed by atoms with van der Waals surface area (Å²) in [5, 5.41) is 0. The van der Waals surface area contributed by atoms with Crippen molar-refractivity contribution >= 4 is 16.7 Å². The molecule has 118 valence electrons. The van der Waals surface area contributed by atoms with Crippen LogP contribution in [0, 0.1) is 0 Å². The molecule has 2 aromatic carbocycles. The fourth-order valence-electron chi connectivity index (χ4n) is 3.53. The van der Waals surface area contributed by atoms with Gasteiger partial charge in [-0.25, -0.2) is 4.79 Å². The molecule has 23 heavy (non-hydrogen) atoms. The average molecular weight is 309 g/mol. The van der Waals surface area contributed by atoms with Gasteiger partial charge in [0.1, 0.15) is 12.6 Å². The quantitative estimate of drug-likeness (QED) is 0.742. The van der Waals surface area contributed by atoms with E-state index in [1.807, 2.05) is 34.9 Å². The van der Waals surface area contributed by atoms with E-state index in [0.717, 1.165) is 23.1 Å². The maximum Gasteiger partial charge on any atom is 0.362 e. The number of hydrogen-bond acceptors (Lipinski definition) is 3. The molecule has 0 unspecified atom stereocenters. The van der Waals surface area contributed by atoms with Crippen LogP contribution in [-0.4, -0.2) is 29.5 Å². The maximum atomic E-state index is 12.6. The van der Waals surface area contributed by atoms with Gasteiger partial charge in [-0.15, -0.1) is 4.73 Å². The van der Waals surface area contributed by atoms with Gasteiger partial charge in [-0.3, -0.25) is 4.57 Å². The van der Waals surface area contributed by atoms with Gasteiger partial charge in [0.25, 0.3) is 0 Å². The molecule has 1 aliphatic rings. The monoisotopic (exact) mass is 309 g/mol. The van der Waals surface area contributed by atoms with E-state index in [2.05, 4.69) is 30.1 Å². The van der Waals surface area contributed by atoms with Crippen molar-refractivity contribution < 1.29 is 4.84 Å². The molecule has 0 saturated carbocycles. The minimum Gasteiger partial charge on any atom is -0.412 e. The van der Waals surface area contributed by atoms with Gasteiger partial charge in [-0.1, -0.05) is 30.3 Å². The van der Waals surface area contributed by atoms with Crippen LogP contribution in [0.1, 0.15) is 5.56 Å². The molecule has 0 N–H and O–H groups in total. The van der Waals surface area contributed by atoms with Crippen molar-refractivity contribution in [3.8, 4) is 0 Å². The van der Waals surface area contributed by atoms with Crippen LogP contribution >= 0.6 is 0 Å². The summed E-state index contributed by atoms with van der Waals surface area (Å²) < 4.78 is 3.21. The van der Waals surface area contributed by atoms with E-state index >= 15 is 0 Å². The molecule has 0 bridgehead atoms. The molecule has 4 rings (SSSR count). The highest BCUT2D eigenvalue weighted by atomic mass is 16.7. The number of rotatable bonds is 3. The highest BCUT2D eigenvalue weighted by Gasteiger charge is 2.27. The van der Waals surface area contributed by atoms with Crippen LogP contribution in [0.3, 0.4) is 0 Å². The summed E-state index contributed by atoms with van der Waals surface area (Å²) in [5.74, 6) is 0. The number of hydrogen-bond donors (Lipinski definition) is 0. The second-order valence-corrected chi connectivity index (χ2v) is 5.96. The Hall–Kier alpha value is -2.69. The van der Waals surface area contributed by atoms with Crippen LogP contribution in [-0.2, 0) is 13.0 Å². The molecule has 1 aromatic heterocycles. The molecule has 0 radical (unpaired) electrons. The van der Waals surface area contributed by atoms with Gasteiger partial charge < -0.3 is 9.74 Å². The Morgan fingerprint density at radius 1 is 1.13 bits per heavy atom. The summed E-state index contributed by atoms with van der Waals surface area (Å²) in [7, 11) is 3.62. The zero-order valence-electron chi connectivity index (χ0n) is 13.3. The first-order chi connectivity index (χ1) is 11.2. The second-order valence-electron chi connectivity index (χ2n) is 5.96. The number of benzene rings is 2. The Labute approximate surface area is 134 Å². The minimum absolute atomic E-state index is 0.110. The summed E-state index contributed by atoms with van der Waals surface area (Å²) in [6.07, 6.45) is 0.913. The Bertz CT molecular complexity index is 911. The fraction of sp³-hybridized carbons (Fsp3) is 0.278. The molecular formula is C18H19N3O2. The lowest BCUT2D eigenvalue weighted by Gasteiger charge is -2.33. The van der Waals surface area contributed by atoms with Gasteiger partial charge >= 0.3 is 5.69 Å². The highest BCUT2D eigenvalue weighted by molar-refractivity contribution is 5.80. The first-order valence-corrected chi connectivity index (χ1v) is 7.76. The number of imidazole rings is 1. The molecular weight excluding hydrogens is 290 g/mol. The number of likely N-dealkylation sites (N-methyl/N-ethyl adjacent to an activating group) is 1. The Kier molecular flexibility index (Phi) is 3.15. The van der Waals surface area contributed by atoms with Gasteiger partial charge in [0.15, 0.2) is 0 Å². The zero-order valence-corrected chi connectivity index (χ0v) is 13.3. The Morgan fingerprint density at radius 3 is 2.65 bits per heavy atom. The third-order valence-electron chi connectivity index (χ3n) is 4.73. The van der Waals surface area contributed by atoms with E-state index in [9.17, 15) is 4.79 Å². The van der Waals surface area contributed by atoms with Crippen molar-refractivity contribution in [2.45, 2.75) is 19.0 Å². The van der Waals surface area contributed by atoms with Crippen LogP contribution in [0.4, 0.5) is 5.69 Å². The molecule has 1 atom stereocenters. The highest BCUT2D eigenvalue weighted by Crippen LogP contribution is 2.27. The fourth-order valence-corrected chi connectivity index (χ4v) is 3.53. The average Bonchev–Trinajstić information content (AvgIpc) is 2.88. The van der Waals surface area contributed by atoms with Gasteiger partial charge in [-0.05, 0) is 30.2 Å². The Balaban J connectivity index is 1.80. The molecule has 0 aliphatic carbocycles. The lowest BCUT2D eigenvalue weighted by atomic mass is 9.99. The van der Waals surface area contributed by atoms with Gasteiger partial charge in [0, 0.05) is 19.3 Å². The number of para-hydroxylation sites is 2. The minimum atomic E-state index is -0.110. The Morgan fingerprint density at radius 2 is 1.91 bits per heavy atom. The summed E-state index contributed by atoms with van der Waals surface area (Å²) in [6, 6.07) is 16.5. The van der Waals surface area contributed by atoms with E-state index in [-0.39, 0.29) is 11.7 Å². The molecule has 0 saturated heterocycles. The summed E-state index contributed by atoms with van der Waals surface area (Å²) in [5.41, 5.74) is 4.08. The SMILES string of the molecule is COn1c(=O)n2c3c(cccc31)C[C@@H](N(C)c1ccccc1)C2. The second kappa shape index (κ2) is 5.19. The van der Waals surface area contributed by atoms with Crippen molar-refractivity contribution in [2.75, 3.05) is 19.1 Å². The van der Waals surface area contributed by atoms with E-state index in [4.69, 9.17) is 4.84 Å². The summed E-state index contributed by atoms with van der Waals surface area (Å²) in [6.45, 7) is 0.661. The zero-order chi connectivity index (χ0) is 16.0. The maximum absolute atomic E-state index is 12.6. The first-order valence-electron chi connectivity index (χ1n) is 7.76. The molecule has 0 fully saturated rings. The molecule has 3 aromatic rings. The smallest absolute Gasteiger partial charge is 0.362 e. The number of aromatic nitrogens is 2. The molecule has 0 spiro atoms. The third-order valence-corrected chi connectivity index (χ3v) is 4.73. The summed E-state index contributed by atoms with van der Waals surface area (Å²) >= 11 is 0. The van der Waals surface area contributed by atoms with Crippen LogP contribution in [0.15, 0.2) is 53.3 Å².